The largest absolute Gasteiger partial charge is 0.352 e. The number of rotatable bonds is 4. The highest BCUT2D eigenvalue weighted by molar-refractivity contribution is 7.89. The first-order chi connectivity index (χ1) is 9.36. The molecule has 1 fully saturated rings. The van der Waals surface area contributed by atoms with Crippen LogP contribution in [0.15, 0.2) is 17.2 Å². The summed E-state index contributed by atoms with van der Waals surface area (Å²) in [5, 5.41) is 3.05. The van der Waals surface area contributed by atoms with E-state index in [4.69, 9.17) is 0 Å². The molecule has 0 radical (unpaired) electrons. The molecular weight excluding hydrogens is 274 g/mol. The molecule has 0 spiro atoms. The van der Waals surface area contributed by atoms with Crippen molar-refractivity contribution in [2.75, 3.05) is 20.1 Å². The summed E-state index contributed by atoms with van der Waals surface area (Å²) >= 11 is 0. The van der Waals surface area contributed by atoms with Gasteiger partial charge in [-0.15, -0.1) is 0 Å². The molecular formula is C14H25N3O2S. The minimum Gasteiger partial charge on any atom is -0.352 e. The Kier molecular flexibility index (Phi) is 4.56. The molecule has 0 bridgehead atoms. The van der Waals surface area contributed by atoms with E-state index < -0.39 is 10.0 Å². The maximum absolute atomic E-state index is 12.7. The Morgan fingerprint density at radius 3 is 2.65 bits per heavy atom. The maximum atomic E-state index is 12.7. The summed E-state index contributed by atoms with van der Waals surface area (Å²) in [7, 11) is 0.384. The van der Waals surface area contributed by atoms with E-state index in [9.17, 15) is 8.42 Å². The molecule has 1 N–H and O–H groups in total. The van der Waals surface area contributed by atoms with Gasteiger partial charge < -0.3 is 9.88 Å². The van der Waals surface area contributed by atoms with E-state index >= 15 is 0 Å². The summed E-state index contributed by atoms with van der Waals surface area (Å²) in [5.41, 5.74) is 0.976. The SMILES string of the molecule is CNCc1cc(S(=O)(=O)N2CCC(C)C(C)C2)cn1C. The molecule has 114 valence electrons. The van der Waals surface area contributed by atoms with Crippen molar-refractivity contribution in [3.05, 3.63) is 18.0 Å². The van der Waals surface area contributed by atoms with Crippen molar-refractivity contribution >= 4 is 10.0 Å². The molecule has 0 aliphatic carbocycles. The number of aromatic nitrogens is 1. The van der Waals surface area contributed by atoms with E-state index in [1.54, 1.807) is 16.6 Å². The van der Waals surface area contributed by atoms with Gasteiger partial charge in [0.1, 0.15) is 4.90 Å². The van der Waals surface area contributed by atoms with Crippen LogP contribution in [0.3, 0.4) is 0 Å². The Labute approximate surface area is 122 Å². The highest BCUT2D eigenvalue weighted by Crippen LogP contribution is 2.27. The zero-order chi connectivity index (χ0) is 14.9. The average molecular weight is 299 g/mol. The molecule has 1 aromatic rings. The van der Waals surface area contributed by atoms with Gasteiger partial charge in [0.15, 0.2) is 0 Å². The van der Waals surface area contributed by atoms with Gasteiger partial charge in [-0.25, -0.2) is 8.42 Å². The van der Waals surface area contributed by atoms with E-state index in [1.807, 2.05) is 18.7 Å². The van der Waals surface area contributed by atoms with E-state index in [-0.39, 0.29) is 0 Å². The summed E-state index contributed by atoms with van der Waals surface area (Å²) < 4.78 is 28.9. The molecule has 6 heteroatoms. The Bertz CT molecular complexity index is 565. The molecule has 1 aliphatic rings. The molecule has 1 aliphatic heterocycles. The van der Waals surface area contributed by atoms with Crippen LogP contribution in [0.5, 0.6) is 0 Å². The predicted octanol–water partition coefficient (Wildman–Crippen LogP) is 1.41. The highest BCUT2D eigenvalue weighted by Gasteiger charge is 2.32. The minimum atomic E-state index is -3.35. The second-order valence-electron chi connectivity index (χ2n) is 5.91. The number of hydrogen-bond donors (Lipinski definition) is 1. The summed E-state index contributed by atoms with van der Waals surface area (Å²) in [6.45, 7) is 6.25. The van der Waals surface area contributed by atoms with Crippen molar-refractivity contribution in [1.29, 1.82) is 0 Å². The summed E-state index contributed by atoms with van der Waals surface area (Å²) in [5.74, 6) is 1.01. The topological polar surface area (TPSA) is 54.3 Å². The van der Waals surface area contributed by atoms with Gasteiger partial charge >= 0.3 is 0 Å². The van der Waals surface area contributed by atoms with Crippen molar-refractivity contribution in [1.82, 2.24) is 14.2 Å². The van der Waals surface area contributed by atoms with Crippen molar-refractivity contribution in [2.45, 2.75) is 31.7 Å². The molecule has 1 aromatic heterocycles. The third-order valence-corrected chi connectivity index (χ3v) is 6.21. The van der Waals surface area contributed by atoms with Gasteiger partial charge in [0, 0.05) is 38.6 Å². The lowest BCUT2D eigenvalue weighted by Crippen LogP contribution is -2.42. The molecule has 2 heterocycles. The quantitative estimate of drug-likeness (QED) is 0.914. The minimum absolute atomic E-state index is 0.409. The fourth-order valence-electron chi connectivity index (χ4n) is 2.67. The number of hydrogen-bond acceptors (Lipinski definition) is 3. The second-order valence-corrected chi connectivity index (χ2v) is 7.85. The Balaban J connectivity index is 2.24. The maximum Gasteiger partial charge on any atom is 0.244 e. The van der Waals surface area contributed by atoms with E-state index in [0.29, 0.717) is 36.4 Å². The first-order valence-electron chi connectivity index (χ1n) is 7.16. The van der Waals surface area contributed by atoms with Gasteiger partial charge in [-0.1, -0.05) is 13.8 Å². The summed E-state index contributed by atoms with van der Waals surface area (Å²) in [4.78, 5) is 0.409. The highest BCUT2D eigenvalue weighted by atomic mass is 32.2. The lowest BCUT2D eigenvalue weighted by molar-refractivity contribution is 0.212. The first-order valence-corrected chi connectivity index (χ1v) is 8.60. The van der Waals surface area contributed by atoms with Crippen molar-refractivity contribution in [3.63, 3.8) is 0 Å². The van der Waals surface area contributed by atoms with Gasteiger partial charge in [-0.05, 0) is 31.4 Å². The zero-order valence-electron chi connectivity index (χ0n) is 12.8. The molecule has 0 aromatic carbocycles. The summed E-state index contributed by atoms with van der Waals surface area (Å²) in [6.07, 6.45) is 2.65. The van der Waals surface area contributed by atoms with Gasteiger partial charge in [0.2, 0.25) is 10.0 Å². The average Bonchev–Trinajstić information content (AvgIpc) is 2.75. The van der Waals surface area contributed by atoms with Crippen LogP contribution in [-0.2, 0) is 23.6 Å². The predicted molar refractivity (Wildman–Crippen MR) is 79.9 cm³/mol. The van der Waals surface area contributed by atoms with E-state index in [0.717, 1.165) is 12.1 Å². The molecule has 0 amide bonds. The van der Waals surface area contributed by atoms with Crippen LogP contribution in [-0.4, -0.2) is 37.4 Å². The molecule has 0 saturated carbocycles. The van der Waals surface area contributed by atoms with E-state index in [1.165, 1.54) is 0 Å². The number of nitrogens with one attached hydrogen (secondary N) is 1. The molecule has 2 atom stereocenters. The van der Waals surface area contributed by atoms with Crippen LogP contribution in [0.25, 0.3) is 0 Å². The second kappa shape index (κ2) is 5.87. The third kappa shape index (κ3) is 2.92. The number of aryl methyl sites for hydroxylation is 1. The van der Waals surface area contributed by atoms with Gasteiger partial charge in [0.05, 0.1) is 0 Å². The van der Waals surface area contributed by atoms with Crippen molar-refractivity contribution in [3.8, 4) is 0 Å². The van der Waals surface area contributed by atoms with Crippen LogP contribution < -0.4 is 5.32 Å². The monoisotopic (exact) mass is 299 g/mol. The smallest absolute Gasteiger partial charge is 0.244 e. The molecule has 1 saturated heterocycles. The van der Waals surface area contributed by atoms with Crippen LogP contribution >= 0.6 is 0 Å². The van der Waals surface area contributed by atoms with Crippen LogP contribution in [0.2, 0.25) is 0 Å². The Morgan fingerprint density at radius 2 is 2.05 bits per heavy atom. The van der Waals surface area contributed by atoms with Crippen molar-refractivity contribution in [2.24, 2.45) is 18.9 Å². The molecule has 2 rings (SSSR count). The Morgan fingerprint density at radius 1 is 1.35 bits per heavy atom. The van der Waals surface area contributed by atoms with Crippen LogP contribution in [0.1, 0.15) is 26.0 Å². The fraction of sp³-hybridized carbons (Fsp3) is 0.714. The van der Waals surface area contributed by atoms with Crippen LogP contribution in [0.4, 0.5) is 0 Å². The number of piperidine rings is 1. The third-order valence-electron chi connectivity index (χ3n) is 4.38. The van der Waals surface area contributed by atoms with Gasteiger partial charge in [-0.2, -0.15) is 4.31 Å². The van der Waals surface area contributed by atoms with Gasteiger partial charge in [0.25, 0.3) is 0 Å². The molecule has 20 heavy (non-hydrogen) atoms. The Hall–Kier alpha value is -0.850. The molecule has 5 nitrogen and oxygen atoms in total. The lowest BCUT2D eigenvalue weighted by atomic mass is 9.90. The van der Waals surface area contributed by atoms with Crippen molar-refractivity contribution < 1.29 is 8.42 Å². The standard InChI is InChI=1S/C14H25N3O2S/c1-11-5-6-17(9-12(11)2)20(18,19)14-7-13(8-15-3)16(4)10-14/h7,10-12,15H,5-6,8-9H2,1-4H3. The van der Waals surface area contributed by atoms with Crippen LogP contribution in [0, 0.1) is 11.8 Å². The number of nitrogens with zero attached hydrogens (tertiary/aromatic N) is 2. The zero-order valence-corrected chi connectivity index (χ0v) is 13.6. The summed E-state index contributed by atoms with van der Waals surface area (Å²) in [6, 6.07) is 1.77. The number of sulfonamides is 1. The van der Waals surface area contributed by atoms with E-state index in [2.05, 4.69) is 19.2 Å². The van der Waals surface area contributed by atoms with Gasteiger partial charge in [-0.3, -0.25) is 0 Å². The normalized spacial score (nSPS) is 25.0. The first kappa shape index (κ1) is 15.5. The molecule has 2 unspecified atom stereocenters. The lowest BCUT2D eigenvalue weighted by Gasteiger charge is -2.34. The fourth-order valence-corrected chi connectivity index (χ4v) is 4.32.